The molecule has 0 rings (SSSR count). The Labute approximate surface area is 183 Å². The van der Waals surface area contributed by atoms with E-state index < -0.39 is 5.97 Å². The third-order valence-electron chi connectivity index (χ3n) is 5.59. The minimum atomic E-state index is -0.903. The second-order valence-electron chi connectivity index (χ2n) is 8.69. The van der Waals surface area contributed by atoms with Crippen molar-refractivity contribution in [1.82, 2.24) is 0 Å². The van der Waals surface area contributed by atoms with Crippen LogP contribution >= 0.6 is 0 Å². The summed E-state index contributed by atoms with van der Waals surface area (Å²) >= 11 is 0. The van der Waals surface area contributed by atoms with Crippen LogP contribution in [-0.4, -0.2) is 12.5 Å². The summed E-state index contributed by atoms with van der Waals surface area (Å²) in [5, 5.41) is 10.2. The van der Waals surface area contributed by atoms with Gasteiger partial charge in [0.25, 0.3) is 0 Å². The van der Waals surface area contributed by atoms with Crippen molar-refractivity contribution in [3.63, 3.8) is 0 Å². The molecule has 0 bridgehead atoms. The van der Waals surface area contributed by atoms with Crippen molar-refractivity contribution >= 4 is 5.97 Å². The summed E-state index contributed by atoms with van der Waals surface area (Å²) in [7, 11) is 0. The molecule has 0 aliphatic rings. The van der Waals surface area contributed by atoms with Gasteiger partial charge in [-0.15, -0.1) is 0 Å². The Morgan fingerprint density at radius 3 is 1.07 bits per heavy atom. The standard InChI is InChI=1S/C18H36O2.C8H19N/c1-2-3-4-5-6-7-8-9-10-11-12-13-14-15-16-17-18(19)20;1-2-3-4-5-6-7-8-9/h2-17H2,1H3,(H,19,20);2-9H2,1H3. The maximum absolute atomic E-state index is 10.2. The maximum atomic E-state index is 10.2. The van der Waals surface area contributed by atoms with Crippen LogP contribution in [0, 0.1) is 0 Å². The molecule has 0 aliphatic heterocycles. The van der Waals surface area contributed by atoms with Gasteiger partial charge in [0.2, 0.25) is 0 Å². The molecule has 0 spiro atoms. The summed E-state index contributed by atoms with van der Waals surface area (Å²) in [6.07, 6.45) is 28.2. The Morgan fingerprint density at radius 2 is 0.793 bits per heavy atom. The van der Waals surface area contributed by atoms with E-state index >= 15 is 0 Å². The number of hydrogen-bond donors (Lipinski definition) is 1. The number of quaternary nitrogens is 1. The monoisotopic (exact) mass is 413 g/mol. The van der Waals surface area contributed by atoms with Crippen LogP contribution in [-0.2, 0) is 4.79 Å². The van der Waals surface area contributed by atoms with E-state index in [0.29, 0.717) is 0 Å². The molecule has 3 N–H and O–H groups in total. The van der Waals surface area contributed by atoms with Crippen molar-refractivity contribution in [2.45, 2.75) is 155 Å². The van der Waals surface area contributed by atoms with Gasteiger partial charge in [-0.05, 0) is 25.7 Å². The van der Waals surface area contributed by atoms with Crippen LogP contribution in [0.25, 0.3) is 0 Å². The first-order valence-electron chi connectivity index (χ1n) is 13.2. The van der Waals surface area contributed by atoms with Crippen molar-refractivity contribution in [3.8, 4) is 0 Å². The molecule has 0 aromatic heterocycles. The number of carbonyl (C=O) groups excluding carboxylic acids is 1. The number of carbonyl (C=O) groups is 1. The Morgan fingerprint density at radius 1 is 0.517 bits per heavy atom. The van der Waals surface area contributed by atoms with E-state index in [1.54, 1.807) is 0 Å². The normalized spacial score (nSPS) is 10.6. The fourth-order valence-electron chi connectivity index (χ4n) is 3.60. The maximum Gasteiger partial charge on any atom is 0.0739 e. The van der Waals surface area contributed by atoms with Gasteiger partial charge in [0.15, 0.2) is 0 Å². The molecular formula is C26H55NO2. The van der Waals surface area contributed by atoms with E-state index in [9.17, 15) is 9.90 Å². The molecule has 0 fully saturated rings. The Kier molecular flexibility index (Phi) is 31.3. The summed E-state index contributed by atoms with van der Waals surface area (Å²) < 4.78 is 0. The fourth-order valence-corrected chi connectivity index (χ4v) is 3.60. The molecule has 0 unspecified atom stereocenters. The largest absolute Gasteiger partial charge is 0.550 e. The number of rotatable bonds is 22. The molecule has 29 heavy (non-hydrogen) atoms. The topological polar surface area (TPSA) is 67.8 Å². The first-order valence-corrected chi connectivity index (χ1v) is 13.2. The van der Waals surface area contributed by atoms with Gasteiger partial charge in [-0.25, -0.2) is 0 Å². The van der Waals surface area contributed by atoms with Crippen LogP contribution in [0.15, 0.2) is 0 Å². The van der Waals surface area contributed by atoms with Gasteiger partial charge in [0.1, 0.15) is 0 Å². The molecular weight excluding hydrogens is 358 g/mol. The van der Waals surface area contributed by atoms with Gasteiger partial charge in [-0.2, -0.15) is 0 Å². The van der Waals surface area contributed by atoms with E-state index in [1.807, 2.05) is 0 Å². The predicted octanol–water partition coefficient (Wildman–Crippen LogP) is 6.59. The van der Waals surface area contributed by atoms with Crippen LogP contribution in [0.5, 0.6) is 0 Å². The third-order valence-corrected chi connectivity index (χ3v) is 5.59. The predicted molar refractivity (Wildman–Crippen MR) is 126 cm³/mol. The van der Waals surface area contributed by atoms with E-state index in [2.05, 4.69) is 19.6 Å². The second-order valence-corrected chi connectivity index (χ2v) is 8.69. The summed E-state index contributed by atoms with van der Waals surface area (Å²) in [5.74, 6) is -0.903. The lowest BCUT2D eigenvalue weighted by Gasteiger charge is -2.04. The Hall–Kier alpha value is -0.570. The minimum absolute atomic E-state index is 0.234. The molecule has 0 aromatic rings. The number of unbranched alkanes of at least 4 members (excludes halogenated alkanes) is 19. The third kappa shape index (κ3) is 35.3. The van der Waals surface area contributed by atoms with Crippen LogP contribution in [0.2, 0.25) is 0 Å². The van der Waals surface area contributed by atoms with E-state index in [4.69, 9.17) is 0 Å². The highest BCUT2D eigenvalue weighted by molar-refractivity contribution is 5.63. The molecule has 0 aliphatic carbocycles. The average molecular weight is 414 g/mol. The van der Waals surface area contributed by atoms with E-state index in [1.165, 1.54) is 122 Å². The minimum Gasteiger partial charge on any atom is -0.550 e. The van der Waals surface area contributed by atoms with Gasteiger partial charge >= 0.3 is 0 Å². The zero-order valence-corrected chi connectivity index (χ0v) is 20.3. The lowest BCUT2D eigenvalue weighted by Crippen LogP contribution is -2.50. The van der Waals surface area contributed by atoms with Gasteiger partial charge in [0, 0.05) is 5.97 Å². The van der Waals surface area contributed by atoms with Crippen molar-refractivity contribution in [2.24, 2.45) is 0 Å². The first-order chi connectivity index (χ1) is 14.2. The molecule has 0 saturated heterocycles. The highest BCUT2D eigenvalue weighted by atomic mass is 16.4. The fraction of sp³-hybridized carbons (Fsp3) is 0.962. The van der Waals surface area contributed by atoms with Gasteiger partial charge in [-0.3, -0.25) is 0 Å². The van der Waals surface area contributed by atoms with Crippen molar-refractivity contribution < 1.29 is 15.6 Å². The number of carboxylic acid groups (broad SMARTS) is 1. The lowest BCUT2D eigenvalue weighted by atomic mass is 10.0. The number of aliphatic carboxylic acids is 1. The number of hydrogen-bond acceptors (Lipinski definition) is 2. The van der Waals surface area contributed by atoms with Gasteiger partial charge < -0.3 is 15.6 Å². The van der Waals surface area contributed by atoms with Crippen molar-refractivity contribution in [3.05, 3.63) is 0 Å². The highest BCUT2D eigenvalue weighted by Gasteiger charge is 1.94. The molecule has 0 atom stereocenters. The number of carboxylic acids is 1. The molecule has 0 amide bonds. The second kappa shape index (κ2) is 29.6. The summed E-state index contributed by atoms with van der Waals surface area (Å²) in [4.78, 5) is 10.2. The molecule has 3 nitrogen and oxygen atoms in total. The van der Waals surface area contributed by atoms with Gasteiger partial charge in [0.05, 0.1) is 6.54 Å². The zero-order chi connectivity index (χ0) is 21.8. The smallest absolute Gasteiger partial charge is 0.0739 e. The van der Waals surface area contributed by atoms with Crippen LogP contribution < -0.4 is 10.8 Å². The quantitative estimate of drug-likeness (QED) is 0.203. The molecule has 0 saturated carbocycles. The van der Waals surface area contributed by atoms with E-state index in [-0.39, 0.29) is 6.42 Å². The van der Waals surface area contributed by atoms with Crippen molar-refractivity contribution in [1.29, 1.82) is 0 Å². The van der Waals surface area contributed by atoms with Gasteiger partial charge in [-0.1, -0.05) is 129 Å². The molecule has 0 aromatic carbocycles. The SMILES string of the molecule is CCCCCCCCCCCCCCCCCC(=O)[O-].CCCCCCCC[NH3+]. The lowest BCUT2D eigenvalue weighted by molar-refractivity contribution is -0.368. The highest BCUT2D eigenvalue weighted by Crippen LogP contribution is 2.13. The Balaban J connectivity index is 0. The van der Waals surface area contributed by atoms with Crippen molar-refractivity contribution in [2.75, 3.05) is 6.54 Å². The Bertz CT molecular complexity index is 288. The molecule has 176 valence electrons. The molecule has 3 heteroatoms. The average Bonchev–Trinajstić information content (AvgIpc) is 2.71. The summed E-state index contributed by atoms with van der Waals surface area (Å²) in [6, 6.07) is 0. The molecule has 0 radical (unpaired) electrons. The zero-order valence-electron chi connectivity index (χ0n) is 20.3. The summed E-state index contributed by atoms with van der Waals surface area (Å²) in [5.41, 5.74) is 3.80. The van der Waals surface area contributed by atoms with E-state index in [0.717, 1.165) is 19.4 Å². The van der Waals surface area contributed by atoms with Crippen LogP contribution in [0.3, 0.4) is 0 Å². The first kappa shape index (κ1) is 30.6. The summed E-state index contributed by atoms with van der Waals surface area (Å²) in [6.45, 7) is 5.64. The molecule has 0 heterocycles. The van der Waals surface area contributed by atoms with Crippen LogP contribution in [0.4, 0.5) is 0 Å². The van der Waals surface area contributed by atoms with Crippen LogP contribution in [0.1, 0.15) is 155 Å².